The van der Waals surface area contributed by atoms with Gasteiger partial charge < -0.3 is 39.1 Å². The van der Waals surface area contributed by atoms with Gasteiger partial charge in [0.1, 0.15) is 24.4 Å². The zero-order valence-electron chi connectivity index (χ0n) is 27.1. The summed E-state index contributed by atoms with van der Waals surface area (Å²) < 4.78 is 33.5. The molecule has 0 bridgehead atoms. The topological polar surface area (TPSA) is 154 Å². The molecule has 256 valence electrons. The van der Waals surface area contributed by atoms with Crippen molar-refractivity contribution < 1.29 is 47.6 Å². The van der Waals surface area contributed by atoms with Crippen molar-refractivity contribution in [3.05, 3.63) is 47.6 Å². The minimum atomic E-state index is -0.507. The highest BCUT2D eigenvalue weighted by Crippen LogP contribution is 2.50. The number of epoxide rings is 2. The largest absolute Gasteiger partial charge is 0.455 e. The van der Waals surface area contributed by atoms with Crippen molar-refractivity contribution in [3.63, 3.8) is 0 Å². The normalized spacial score (nSPS) is 36.7. The Balaban J connectivity index is 0.841. The molecule has 2 N–H and O–H groups in total. The number of allylic oxidation sites excluding steroid dienone is 2. The molecule has 0 aromatic carbocycles. The number of carbonyl (C=O) groups is 4. The summed E-state index contributed by atoms with van der Waals surface area (Å²) in [6.07, 6.45) is 9.89. The summed E-state index contributed by atoms with van der Waals surface area (Å²) in [4.78, 5) is 48.9. The lowest BCUT2D eigenvalue weighted by molar-refractivity contribution is -0.140. The number of nitrogens with one attached hydrogen (secondary N) is 2. The molecule has 0 aromatic rings. The summed E-state index contributed by atoms with van der Waals surface area (Å²) in [5.41, 5.74) is 2.84. The maximum atomic E-state index is 12.3. The van der Waals surface area contributed by atoms with Crippen LogP contribution >= 0.6 is 0 Å². The van der Waals surface area contributed by atoms with Gasteiger partial charge in [0.25, 0.3) is 0 Å². The second kappa shape index (κ2) is 14.2. The number of carbonyl (C=O) groups excluding carboxylic acids is 4. The average molecular weight is 655 g/mol. The van der Waals surface area contributed by atoms with Crippen LogP contribution in [0.3, 0.4) is 0 Å². The molecule has 4 heterocycles. The van der Waals surface area contributed by atoms with Gasteiger partial charge in [-0.3, -0.25) is 0 Å². The smallest absolute Gasteiger partial charge is 0.407 e. The third-order valence-electron chi connectivity index (χ3n) is 10.3. The van der Waals surface area contributed by atoms with E-state index in [4.69, 9.17) is 28.4 Å². The second-order valence-electron chi connectivity index (χ2n) is 13.6. The van der Waals surface area contributed by atoms with Crippen molar-refractivity contribution in [2.24, 2.45) is 11.8 Å². The standard InChI is InChI=1S/C35H46N2O10/c1-20-24-13-11-22(8-6-10-26-29(44-26)27(24)45-31(20)38)18-36-33(40)42-16-4-5-17-43-34(41)37-19-23-9-7-15-35(3)30(47-35)28-25(14-12-23)21(2)32(39)46-28/h8-9,24-30H,1-2,4-7,10-19H2,3H3,(H,36,40)(H,37,41)/b22-8+,23-9+/t24-,25-,26+,27-,28-,29+,30-,35+/m0/s1. The highest BCUT2D eigenvalue weighted by atomic mass is 16.7. The molecule has 0 radical (unpaired) electrons. The molecule has 12 nitrogen and oxygen atoms in total. The number of alkyl carbamates (subject to hydrolysis) is 2. The Bertz CT molecular complexity index is 1360. The Morgan fingerprint density at radius 1 is 0.830 bits per heavy atom. The van der Waals surface area contributed by atoms with Crippen LogP contribution in [-0.4, -0.2) is 86.5 Å². The second-order valence-corrected chi connectivity index (χ2v) is 13.6. The molecular weight excluding hydrogens is 608 g/mol. The number of esters is 2. The molecule has 0 unspecified atom stereocenters. The van der Waals surface area contributed by atoms with Crippen LogP contribution in [0, 0.1) is 11.8 Å². The van der Waals surface area contributed by atoms with Crippen LogP contribution in [0.1, 0.15) is 71.1 Å². The monoisotopic (exact) mass is 654 g/mol. The number of amides is 2. The Morgan fingerprint density at radius 3 is 2.00 bits per heavy atom. The van der Waals surface area contributed by atoms with E-state index in [2.05, 4.69) is 35.9 Å². The number of hydrogen-bond donors (Lipinski definition) is 2. The van der Waals surface area contributed by atoms with E-state index < -0.39 is 12.2 Å². The van der Waals surface area contributed by atoms with Gasteiger partial charge in [0, 0.05) is 36.1 Å². The summed E-state index contributed by atoms with van der Waals surface area (Å²) >= 11 is 0. The molecule has 4 aliphatic heterocycles. The van der Waals surface area contributed by atoms with Gasteiger partial charge in [-0.1, -0.05) is 36.5 Å². The van der Waals surface area contributed by atoms with Gasteiger partial charge in [-0.15, -0.1) is 0 Å². The third-order valence-corrected chi connectivity index (χ3v) is 10.3. The predicted molar refractivity (Wildman–Crippen MR) is 168 cm³/mol. The third kappa shape index (κ3) is 7.92. The molecule has 0 saturated carbocycles. The van der Waals surface area contributed by atoms with Crippen LogP contribution in [0.4, 0.5) is 9.59 Å². The van der Waals surface area contributed by atoms with E-state index in [-0.39, 0.29) is 73.1 Å². The predicted octanol–water partition coefficient (Wildman–Crippen LogP) is 4.34. The van der Waals surface area contributed by atoms with Crippen LogP contribution in [0.5, 0.6) is 0 Å². The maximum Gasteiger partial charge on any atom is 0.407 e. The quantitative estimate of drug-likeness (QED) is 0.0917. The molecule has 0 aromatic heterocycles. The van der Waals surface area contributed by atoms with E-state index in [1.54, 1.807) is 0 Å². The SMILES string of the molecule is C=C1C(=O)O[C@@H]2[C@@H]3O[C@@H]3CC/C=C(/CNC(=O)OCCCCOC(=O)NC/C3=C/CC[C@@]4(C)O[C@H]4[C@H]4OC(=O)C(=C)[C@@H]4CC3)CC[C@@H]12. The summed E-state index contributed by atoms with van der Waals surface area (Å²) in [6.45, 7) is 11.1. The fourth-order valence-electron chi connectivity index (χ4n) is 7.29. The number of ether oxygens (including phenoxy) is 6. The van der Waals surface area contributed by atoms with Gasteiger partial charge in [0.15, 0.2) is 0 Å². The first-order chi connectivity index (χ1) is 22.6. The van der Waals surface area contributed by atoms with Crippen molar-refractivity contribution in [3.8, 4) is 0 Å². The van der Waals surface area contributed by atoms with Gasteiger partial charge in [-0.25, -0.2) is 19.2 Å². The van der Waals surface area contributed by atoms with Crippen LogP contribution < -0.4 is 10.6 Å². The van der Waals surface area contributed by atoms with Gasteiger partial charge in [-0.2, -0.15) is 0 Å². The molecule has 4 fully saturated rings. The van der Waals surface area contributed by atoms with E-state index in [0.29, 0.717) is 62.8 Å². The van der Waals surface area contributed by atoms with E-state index in [0.717, 1.165) is 36.8 Å². The van der Waals surface area contributed by atoms with Gasteiger partial charge in [0.2, 0.25) is 0 Å². The van der Waals surface area contributed by atoms with Crippen molar-refractivity contribution in [2.45, 2.75) is 107 Å². The van der Waals surface area contributed by atoms with E-state index in [1.807, 2.05) is 6.92 Å². The molecule has 2 amide bonds. The van der Waals surface area contributed by atoms with Crippen LogP contribution in [0.2, 0.25) is 0 Å². The number of hydrogen-bond acceptors (Lipinski definition) is 10. The Hall–Kier alpha value is -3.64. The first-order valence-corrected chi connectivity index (χ1v) is 16.9. The minimum absolute atomic E-state index is 0.0354. The lowest BCUT2D eigenvalue weighted by Gasteiger charge is -2.20. The van der Waals surface area contributed by atoms with E-state index >= 15 is 0 Å². The van der Waals surface area contributed by atoms with Gasteiger partial charge in [0.05, 0.1) is 24.9 Å². The molecule has 6 aliphatic rings. The number of fused-ring (bicyclic) bond motifs is 6. The lowest BCUT2D eigenvalue weighted by atomic mass is 9.84. The fourth-order valence-corrected chi connectivity index (χ4v) is 7.29. The van der Waals surface area contributed by atoms with E-state index in [1.165, 1.54) is 0 Å². The summed E-state index contributed by atoms with van der Waals surface area (Å²) in [7, 11) is 0. The van der Waals surface area contributed by atoms with Crippen LogP contribution in [0.15, 0.2) is 47.6 Å². The Morgan fingerprint density at radius 2 is 1.38 bits per heavy atom. The van der Waals surface area contributed by atoms with Gasteiger partial charge in [-0.05, 0) is 71.1 Å². The van der Waals surface area contributed by atoms with Crippen molar-refractivity contribution in [1.82, 2.24) is 10.6 Å². The van der Waals surface area contributed by atoms with Crippen molar-refractivity contribution in [1.29, 1.82) is 0 Å². The first kappa shape index (κ1) is 33.3. The Labute approximate surface area is 275 Å². The highest BCUT2D eigenvalue weighted by Gasteiger charge is 2.61. The molecule has 6 rings (SSSR count). The molecule has 8 atom stereocenters. The fraction of sp³-hybridized carbons (Fsp3) is 0.657. The summed E-state index contributed by atoms with van der Waals surface area (Å²) in [5.74, 6) is -0.851. The van der Waals surface area contributed by atoms with Gasteiger partial charge >= 0.3 is 24.1 Å². The highest BCUT2D eigenvalue weighted by molar-refractivity contribution is 5.91. The molecule has 4 saturated heterocycles. The lowest BCUT2D eigenvalue weighted by Crippen LogP contribution is -2.30. The number of unbranched alkanes of at least 4 members (excludes halogenated alkanes) is 1. The minimum Gasteiger partial charge on any atom is -0.455 e. The maximum absolute atomic E-state index is 12.3. The molecule has 2 aliphatic carbocycles. The molecule has 12 heteroatoms. The number of rotatable bonds is 9. The molecular formula is C35H46N2O10. The first-order valence-electron chi connectivity index (χ1n) is 16.9. The van der Waals surface area contributed by atoms with Crippen LogP contribution in [-0.2, 0) is 38.0 Å². The Kier molecular flexibility index (Phi) is 10.1. The summed E-state index contributed by atoms with van der Waals surface area (Å²) in [6, 6.07) is 0. The van der Waals surface area contributed by atoms with Crippen molar-refractivity contribution in [2.75, 3.05) is 26.3 Å². The zero-order valence-corrected chi connectivity index (χ0v) is 27.1. The van der Waals surface area contributed by atoms with Crippen molar-refractivity contribution >= 4 is 24.1 Å². The molecule has 47 heavy (non-hydrogen) atoms. The average Bonchev–Trinajstić information content (AvgIpc) is 3.92. The zero-order chi connectivity index (χ0) is 33.1. The summed E-state index contributed by atoms with van der Waals surface area (Å²) in [5, 5.41) is 5.64. The van der Waals surface area contributed by atoms with Crippen LogP contribution in [0.25, 0.3) is 0 Å². The van der Waals surface area contributed by atoms with E-state index in [9.17, 15) is 19.2 Å². The molecule has 0 spiro atoms.